The first-order chi connectivity index (χ1) is 7.82. The monoisotopic (exact) mass is 298 g/mol. The zero-order valence-electron chi connectivity index (χ0n) is 8.84. The van der Waals surface area contributed by atoms with Gasteiger partial charge >= 0.3 is 0 Å². The predicted octanol–water partition coefficient (Wildman–Crippen LogP) is 0.533. The zero-order valence-corrected chi connectivity index (χ0v) is 11.2. The van der Waals surface area contributed by atoms with Gasteiger partial charge < -0.3 is 0 Å². The second-order valence-electron chi connectivity index (χ2n) is 3.03. The van der Waals surface area contributed by atoms with E-state index in [1.165, 1.54) is 31.3 Å². The minimum atomic E-state index is -3.74. The summed E-state index contributed by atoms with van der Waals surface area (Å²) in [7, 11) is -6.23. The number of anilines is 1. The van der Waals surface area contributed by atoms with Gasteiger partial charge in [-0.15, -0.1) is 11.6 Å². The smallest absolute Gasteiger partial charge is 0.246 e. The van der Waals surface area contributed by atoms with Crippen LogP contribution in [0, 0.1) is 0 Å². The van der Waals surface area contributed by atoms with E-state index < -0.39 is 25.3 Å². The standard InChI is InChI=1S/C8H11ClN2O4S2/c1-10-17(14,15)8-5-3-2-4-7(8)11-16(12,13)6-9/h2-5,10-11H,6H2,1H3. The summed E-state index contributed by atoms with van der Waals surface area (Å²) in [5.74, 6) is 0. The van der Waals surface area contributed by atoms with Crippen LogP contribution in [-0.2, 0) is 20.0 Å². The Kier molecular flexibility index (Phi) is 4.36. The van der Waals surface area contributed by atoms with Gasteiger partial charge in [-0.2, -0.15) is 0 Å². The number of sulfonamides is 2. The van der Waals surface area contributed by atoms with Crippen LogP contribution in [-0.4, -0.2) is 29.1 Å². The lowest BCUT2D eigenvalue weighted by molar-refractivity contribution is 0.588. The van der Waals surface area contributed by atoms with Crippen molar-refractivity contribution in [3.8, 4) is 0 Å². The second kappa shape index (κ2) is 5.21. The van der Waals surface area contributed by atoms with Gasteiger partial charge in [0, 0.05) is 0 Å². The van der Waals surface area contributed by atoms with Crippen molar-refractivity contribution in [2.75, 3.05) is 17.0 Å². The first kappa shape index (κ1) is 14.2. The Morgan fingerprint density at radius 1 is 1.18 bits per heavy atom. The summed E-state index contributed by atoms with van der Waals surface area (Å²) >= 11 is 5.23. The molecule has 0 radical (unpaired) electrons. The van der Waals surface area contributed by atoms with Crippen molar-refractivity contribution in [2.24, 2.45) is 0 Å². The van der Waals surface area contributed by atoms with Crippen LogP contribution in [0.15, 0.2) is 29.2 Å². The molecule has 2 N–H and O–H groups in total. The van der Waals surface area contributed by atoms with E-state index >= 15 is 0 Å². The number of hydrogen-bond acceptors (Lipinski definition) is 4. The highest BCUT2D eigenvalue weighted by molar-refractivity contribution is 7.94. The minimum absolute atomic E-state index is 0.0394. The first-order valence-corrected chi connectivity index (χ1v) is 8.08. The van der Waals surface area contributed by atoms with Gasteiger partial charge in [0.05, 0.1) is 5.69 Å². The third-order valence-electron chi connectivity index (χ3n) is 1.85. The zero-order chi connectivity index (χ0) is 13.1. The highest BCUT2D eigenvalue weighted by atomic mass is 35.5. The van der Waals surface area contributed by atoms with Crippen molar-refractivity contribution in [3.05, 3.63) is 24.3 Å². The third kappa shape index (κ3) is 3.56. The van der Waals surface area contributed by atoms with E-state index in [1.54, 1.807) is 0 Å². The topological polar surface area (TPSA) is 92.3 Å². The Morgan fingerprint density at radius 2 is 1.76 bits per heavy atom. The van der Waals surface area contributed by atoms with Crippen LogP contribution in [0.5, 0.6) is 0 Å². The molecule has 0 bridgehead atoms. The molecule has 96 valence electrons. The van der Waals surface area contributed by atoms with E-state index in [1.807, 2.05) is 0 Å². The molecule has 0 saturated carbocycles. The third-order valence-corrected chi connectivity index (χ3v) is 5.01. The Hall–Kier alpha value is -0.830. The summed E-state index contributed by atoms with van der Waals surface area (Å²) in [5, 5.41) is -0.652. The molecule has 17 heavy (non-hydrogen) atoms. The minimum Gasteiger partial charge on any atom is -0.281 e. The molecular weight excluding hydrogens is 288 g/mol. The highest BCUT2D eigenvalue weighted by Crippen LogP contribution is 2.21. The Labute approximate surface area is 105 Å². The first-order valence-electron chi connectivity index (χ1n) is 4.41. The van der Waals surface area contributed by atoms with Gasteiger partial charge in [-0.05, 0) is 19.2 Å². The van der Waals surface area contributed by atoms with Crippen molar-refractivity contribution in [1.82, 2.24) is 4.72 Å². The van der Waals surface area contributed by atoms with Gasteiger partial charge in [-0.25, -0.2) is 21.6 Å². The molecule has 6 nitrogen and oxygen atoms in total. The quantitative estimate of drug-likeness (QED) is 0.776. The molecule has 0 aromatic heterocycles. The summed E-state index contributed by atoms with van der Waals surface area (Å²) in [6.07, 6.45) is 0. The fourth-order valence-electron chi connectivity index (χ4n) is 1.09. The van der Waals surface area contributed by atoms with Gasteiger partial charge in [0.1, 0.15) is 10.1 Å². The lowest BCUT2D eigenvalue weighted by Crippen LogP contribution is -2.22. The molecule has 1 aromatic rings. The molecule has 0 spiro atoms. The molecule has 0 aliphatic heterocycles. The average molecular weight is 299 g/mol. The average Bonchev–Trinajstić information content (AvgIpc) is 2.29. The Morgan fingerprint density at radius 3 is 2.29 bits per heavy atom. The Balaban J connectivity index is 3.28. The lowest BCUT2D eigenvalue weighted by Gasteiger charge is -2.10. The number of alkyl halides is 1. The van der Waals surface area contributed by atoms with E-state index in [-0.39, 0.29) is 10.6 Å². The van der Waals surface area contributed by atoms with E-state index in [9.17, 15) is 16.8 Å². The van der Waals surface area contributed by atoms with Crippen molar-refractivity contribution in [1.29, 1.82) is 0 Å². The fourth-order valence-corrected chi connectivity index (χ4v) is 2.77. The van der Waals surface area contributed by atoms with Gasteiger partial charge in [0.2, 0.25) is 20.0 Å². The lowest BCUT2D eigenvalue weighted by atomic mass is 10.3. The van der Waals surface area contributed by atoms with Crippen LogP contribution in [0.3, 0.4) is 0 Å². The van der Waals surface area contributed by atoms with Crippen LogP contribution in [0.2, 0.25) is 0 Å². The maximum atomic E-state index is 11.6. The van der Waals surface area contributed by atoms with Crippen molar-refractivity contribution >= 4 is 37.3 Å². The van der Waals surface area contributed by atoms with E-state index in [0.29, 0.717) is 0 Å². The van der Waals surface area contributed by atoms with E-state index in [0.717, 1.165) is 0 Å². The van der Waals surface area contributed by atoms with Crippen LogP contribution >= 0.6 is 11.6 Å². The van der Waals surface area contributed by atoms with Crippen molar-refractivity contribution in [3.63, 3.8) is 0 Å². The van der Waals surface area contributed by atoms with Crippen LogP contribution < -0.4 is 9.44 Å². The molecule has 0 aliphatic rings. The van der Waals surface area contributed by atoms with Crippen LogP contribution in [0.25, 0.3) is 0 Å². The highest BCUT2D eigenvalue weighted by Gasteiger charge is 2.19. The Bertz CT molecular complexity index is 598. The molecule has 0 fully saturated rings. The van der Waals surface area contributed by atoms with Gasteiger partial charge in [-0.3, -0.25) is 4.72 Å². The number of nitrogens with one attached hydrogen (secondary N) is 2. The molecule has 0 heterocycles. The molecule has 0 amide bonds. The number of rotatable bonds is 5. The summed E-state index contributed by atoms with van der Waals surface area (Å²) in [6.45, 7) is 0. The van der Waals surface area contributed by atoms with E-state index in [4.69, 9.17) is 11.6 Å². The molecular formula is C8H11ClN2O4S2. The molecule has 0 atom stereocenters. The number of hydrogen-bond donors (Lipinski definition) is 2. The van der Waals surface area contributed by atoms with Gasteiger partial charge in [0.25, 0.3) is 0 Å². The van der Waals surface area contributed by atoms with Crippen LogP contribution in [0.1, 0.15) is 0 Å². The van der Waals surface area contributed by atoms with Gasteiger partial charge in [0.15, 0.2) is 0 Å². The number of para-hydroxylation sites is 1. The van der Waals surface area contributed by atoms with Crippen molar-refractivity contribution in [2.45, 2.75) is 4.90 Å². The predicted molar refractivity (Wildman–Crippen MR) is 66.0 cm³/mol. The van der Waals surface area contributed by atoms with Crippen molar-refractivity contribution < 1.29 is 16.8 Å². The maximum absolute atomic E-state index is 11.6. The summed E-state index contributed by atoms with van der Waals surface area (Å²) in [6, 6.07) is 5.63. The molecule has 0 unspecified atom stereocenters. The second-order valence-corrected chi connectivity index (χ2v) is 7.19. The molecule has 0 aliphatic carbocycles. The maximum Gasteiger partial charge on any atom is 0.246 e. The van der Waals surface area contributed by atoms with Gasteiger partial charge in [-0.1, -0.05) is 12.1 Å². The number of benzene rings is 1. The normalized spacial score (nSPS) is 12.4. The van der Waals surface area contributed by atoms with E-state index in [2.05, 4.69) is 9.44 Å². The molecule has 1 aromatic carbocycles. The summed E-state index contributed by atoms with van der Waals surface area (Å²) in [4.78, 5) is -0.156. The fraction of sp³-hybridized carbons (Fsp3) is 0.250. The SMILES string of the molecule is CNS(=O)(=O)c1ccccc1NS(=O)(=O)CCl. The van der Waals surface area contributed by atoms with Crippen LogP contribution in [0.4, 0.5) is 5.69 Å². The molecule has 9 heteroatoms. The summed E-state index contributed by atoms with van der Waals surface area (Å²) in [5.41, 5.74) is -0.0394. The summed E-state index contributed by atoms with van der Waals surface area (Å²) < 4.78 is 50.0. The molecule has 1 rings (SSSR count). The number of halogens is 1. The largest absolute Gasteiger partial charge is 0.281 e. The molecule has 0 saturated heterocycles.